The molecule has 0 N–H and O–H groups in total. The first-order valence-electron chi connectivity index (χ1n) is 8.07. The maximum absolute atomic E-state index is 12.5. The van der Waals surface area contributed by atoms with E-state index >= 15 is 0 Å². The van der Waals surface area contributed by atoms with Crippen molar-refractivity contribution >= 4 is 23.7 Å². The molecule has 25 heavy (non-hydrogen) atoms. The second-order valence-corrected chi connectivity index (χ2v) is 6.90. The zero-order chi connectivity index (χ0) is 19.0. The van der Waals surface area contributed by atoms with E-state index < -0.39 is 23.7 Å². The minimum atomic E-state index is -0.865. The summed E-state index contributed by atoms with van der Waals surface area (Å²) in [5.74, 6) is -0.514. The first-order chi connectivity index (χ1) is 11.7. The molecular weight excluding hydrogens is 346 g/mol. The lowest BCUT2D eigenvalue weighted by atomic mass is 10.1. The van der Waals surface area contributed by atoms with E-state index in [1.807, 2.05) is 0 Å². The molecule has 0 spiro atoms. The van der Waals surface area contributed by atoms with E-state index in [9.17, 15) is 9.59 Å². The van der Waals surface area contributed by atoms with Gasteiger partial charge in [0, 0.05) is 18.6 Å². The summed E-state index contributed by atoms with van der Waals surface area (Å²) in [6.07, 6.45) is -0.375. The van der Waals surface area contributed by atoms with Crippen LogP contribution in [0.5, 0.6) is 0 Å². The highest BCUT2D eigenvalue weighted by atomic mass is 35.5. The standard InChI is InChI=1S/C18H26ClNO5/c1-6-24-16(21)15(11-13-7-9-14(19)10-8-13)20(12-23-5)17(22)25-18(2,3)4/h7-10,15H,6,11-12H2,1-5H3/t15-/m0/s1. The van der Waals surface area contributed by atoms with Crippen molar-refractivity contribution in [3.63, 3.8) is 0 Å². The summed E-state index contributed by atoms with van der Waals surface area (Å²) < 4.78 is 15.6. The molecule has 0 aromatic heterocycles. The summed E-state index contributed by atoms with van der Waals surface area (Å²) in [5, 5.41) is 0.595. The van der Waals surface area contributed by atoms with E-state index in [4.69, 9.17) is 25.8 Å². The molecule has 1 aromatic rings. The van der Waals surface area contributed by atoms with Gasteiger partial charge in [-0.15, -0.1) is 0 Å². The van der Waals surface area contributed by atoms with Crippen molar-refractivity contribution in [2.24, 2.45) is 0 Å². The van der Waals surface area contributed by atoms with Crippen molar-refractivity contribution in [1.29, 1.82) is 0 Å². The fourth-order valence-corrected chi connectivity index (χ4v) is 2.26. The first kappa shape index (κ1) is 21.3. The second-order valence-electron chi connectivity index (χ2n) is 6.47. The molecule has 0 unspecified atom stereocenters. The number of carbonyl (C=O) groups excluding carboxylic acids is 2. The van der Waals surface area contributed by atoms with Crippen LogP contribution in [0.15, 0.2) is 24.3 Å². The molecule has 0 fully saturated rings. The third-order valence-electron chi connectivity index (χ3n) is 3.17. The Balaban J connectivity index is 3.09. The Hall–Kier alpha value is -1.79. The SMILES string of the molecule is CCOC(=O)[C@H](Cc1ccc(Cl)cc1)N(COC)C(=O)OC(C)(C)C. The highest BCUT2D eigenvalue weighted by Gasteiger charge is 2.34. The Morgan fingerprint density at radius 1 is 1.20 bits per heavy atom. The number of ether oxygens (including phenoxy) is 3. The molecule has 0 aliphatic carbocycles. The van der Waals surface area contributed by atoms with Crippen LogP contribution in [0.25, 0.3) is 0 Å². The topological polar surface area (TPSA) is 65.1 Å². The number of carbonyl (C=O) groups is 2. The van der Waals surface area contributed by atoms with Gasteiger partial charge in [0.25, 0.3) is 0 Å². The van der Waals surface area contributed by atoms with Crippen molar-refractivity contribution in [2.45, 2.75) is 45.8 Å². The van der Waals surface area contributed by atoms with Crippen LogP contribution >= 0.6 is 11.6 Å². The molecule has 0 radical (unpaired) electrons. The van der Waals surface area contributed by atoms with E-state index in [1.54, 1.807) is 52.0 Å². The molecule has 0 saturated heterocycles. The summed E-state index contributed by atoms with van der Waals surface area (Å²) in [6.45, 7) is 7.11. The third-order valence-corrected chi connectivity index (χ3v) is 3.43. The smallest absolute Gasteiger partial charge is 0.412 e. The lowest BCUT2D eigenvalue weighted by Gasteiger charge is -2.31. The van der Waals surface area contributed by atoms with Crippen LogP contribution in [0.1, 0.15) is 33.3 Å². The lowest BCUT2D eigenvalue weighted by Crippen LogP contribution is -2.49. The van der Waals surface area contributed by atoms with Gasteiger partial charge >= 0.3 is 12.1 Å². The predicted octanol–water partition coefficient (Wildman–Crippen LogP) is 3.66. The second kappa shape index (κ2) is 9.63. The Kier molecular flexibility index (Phi) is 8.19. The van der Waals surface area contributed by atoms with Gasteiger partial charge in [-0.05, 0) is 45.4 Å². The summed E-state index contributed by atoms with van der Waals surface area (Å²) in [5.41, 5.74) is 0.148. The highest BCUT2D eigenvalue weighted by molar-refractivity contribution is 6.30. The van der Waals surface area contributed by atoms with Gasteiger partial charge in [0.2, 0.25) is 0 Å². The van der Waals surface area contributed by atoms with Gasteiger partial charge in [-0.2, -0.15) is 0 Å². The number of hydrogen-bond donors (Lipinski definition) is 0. The fraction of sp³-hybridized carbons (Fsp3) is 0.556. The quantitative estimate of drug-likeness (QED) is 0.540. The Bertz CT molecular complexity index is 568. The number of methoxy groups -OCH3 is 1. The van der Waals surface area contributed by atoms with E-state index in [-0.39, 0.29) is 19.8 Å². The van der Waals surface area contributed by atoms with Gasteiger partial charge in [0.15, 0.2) is 0 Å². The molecular formula is C18H26ClNO5. The van der Waals surface area contributed by atoms with Gasteiger partial charge < -0.3 is 14.2 Å². The predicted molar refractivity (Wildman–Crippen MR) is 95.5 cm³/mol. The lowest BCUT2D eigenvalue weighted by molar-refractivity contribution is -0.151. The Morgan fingerprint density at radius 3 is 2.28 bits per heavy atom. The van der Waals surface area contributed by atoms with Crippen LogP contribution in [-0.4, -0.2) is 49.1 Å². The summed E-state index contributed by atoms with van der Waals surface area (Å²) in [7, 11) is 1.45. The average Bonchev–Trinajstić information content (AvgIpc) is 2.51. The van der Waals surface area contributed by atoms with Crippen molar-refractivity contribution in [3.05, 3.63) is 34.9 Å². The van der Waals surface area contributed by atoms with Gasteiger partial charge in [-0.3, -0.25) is 4.90 Å². The number of esters is 1. The van der Waals surface area contributed by atoms with Gasteiger partial charge in [-0.1, -0.05) is 23.7 Å². The van der Waals surface area contributed by atoms with Crippen LogP contribution in [0, 0.1) is 0 Å². The van der Waals surface area contributed by atoms with Crippen LogP contribution in [0.4, 0.5) is 4.79 Å². The maximum atomic E-state index is 12.5. The molecule has 1 amide bonds. The Labute approximate surface area is 154 Å². The number of amides is 1. The minimum Gasteiger partial charge on any atom is -0.464 e. The normalized spacial score (nSPS) is 12.4. The van der Waals surface area contributed by atoms with Crippen LogP contribution in [0.2, 0.25) is 5.02 Å². The molecule has 1 aromatic carbocycles. The van der Waals surface area contributed by atoms with Crippen molar-refractivity contribution in [1.82, 2.24) is 4.90 Å². The monoisotopic (exact) mass is 371 g/mol. The van der Waals surface area contributed by atoms with E-state index in [2.05, 4.69) is 0 Å². The van der Waals surface area contributed by atoms with Crippen LogP contribution in [-0.2, 0) is 25.4 Å². The number of halogens is 1. The Morgan fingerprint density at radius 2 is 1.80 bits per heavy atom. The maximum Gasteiger partial charge on any atom is 0.412 e. The van der Waals surface area contributed by atoms with Gasteiger partial charge in [-0.25, -0.2) is 9.59 Å². The fourth-order valence-electron chi connectivity index (χ4n) is 2.13. The first-order valence-corrected chi connectivity index (χ1v) is 8.45. The van der Waals surface area contributed by atoms with Gasteiger partial charge in [0.1, 0.15) is 18.4 Å². The molecule has 0 bridgehead atoms. The highest BCUT2D eigenvalue weighted by Crippen LogP contribution is 2.18. The number of nitrogens with zero attached hydrogens (tertiary/aromatic N) is 1. The summed E-state index contributed by atoms with van der Waals surface area (Å²) in [6, 6.07) is 6.19. The summed E-state index contributed by atoms with van der Waals surface area (Å²) >= 11 is 5.90. The molecule has 6 nitrogen and oxygen atoms in total. The molecule has 1 rings (SSSR count). The molecule has 0 saturated carbocycles. The van der Waals surface area contributed by atoms with Crippen LogP contribution < -0.4 is 0 Å². The van der Waals surface area contributed by atoms with E-state index in [1.165, 1.54) is 12.0 Å². The molecule has 1 atom stereocenters. The minimum absolute atomic E-state index is 0.0913. The molecule has 0 aliphatic heterocycles. The molecule has 7 heteroatoms. The van der Waals surface area contributed by atoms with E-state index in [0.717, 1.165) is 5.56 Å². The van der Waals surface area contributed by atoms with Gasteiger partial charge in [0.05, 0.1) is 6.61 Å². The molecule has 140 valence electrons. The van der Waals surface area contributed by atoms with Crippen molar-refractivity contribution in [2.75, 3.05) is 20.4 Å². The van der Waals surface area contributed by atoms with E-state index in [0.29, 0.717) is 5.02 Å². The zero-order valence-electron chi connectivity index (χ0n) is 15.4. The number of rotatable bonds is 7. The summed E-state index contributed by atoms with van der Waals surface area (Å²) in [4.78, 5) is 26.2. The molecule has 0 heterocycles. The van der Waals surface area contributed by atoms with Crippen molar-refractivity contribution < 1.29 is 23.8 Å². The largest absolute Gasteiger partial charge is 0.464 e. The number of hydrogen-bond acceptors (Lipinski definition) is 5. The zero-order valence-corrected chi connectivity index (χ0v) is 16.1. The molecule has 0 aliphatic rings. The van der Waals surface area contributed by atoms with Crippen LogP contribution in [0.3, 0.4) is 0 Å². The average molecular weight is 372 g/mol. The number of benzene rings is 1. The third kappa shape index (κ3) is 7.32. The van der Waals surface area contributed by atoms with Crippen molar-refractivity contribution in [3.8, 4) is 0 Å².